The van der Waals surface area contributed by atoms with Gasteiger partial charge in [-0.1, -0.05) is 0 Å². The van der Waals surface area contributed by atoms with Crippen LogP contribution >= 0.6 is 0 Å². The Balaban J connectivity index is 2.29. The van der Waals surface area contributed by atoms with Crippen LogP contribution in [-0.4, -0.2) is 46.1 Å². The summed E-state index contributed by atoms with van der Waals surface area (Å²) in [6.07, 6.45) is 0. The van der Waals surface area contributed by atoms with Crippen LogP contribution in [0.25, 0.3) is 0 Å². The Morgan fingerprint density at radius 2 is 1.43 bits per heavy atom. The van der Waals surface area contributed by atoms with E-state index in [1.165, 1.54) is 0 Å². The monoisotopic (exact) mass is 488 g/mol. The zero-order valence-corrected chi connectivity index (χ0v) is 19.7. The number of carbonyl (C=O) groups excluding carboxylic acids is 2. The molecule has 2 N–H and O–H groups in total. The van der Waals surface area contributed by atoms with E-state index in [0.717, 1.165) is 7.16 Å². The van der Waals surface area contributed by atoms with Gasteiger partial charge in [-0.15, -0.1) is 0 Å². The third-order valence-electron chi connectivity index (χ3n) is 5.31. The van der Waals surface area contributed by atoms with Crippen molar-refractivity contribution < 1.29 is 12.7 Å². The molecule has 2 atom stereocenters. The molecule has 1 aliphatic heterocycles. The van der Waals surface area contributed by atoms with Crippen molar-refractivity contribution in [3.8, 4) is 0 Å². The summed E-state index contributed by atoms with van der Waals surface area (Å²) in [6, 6.07) is 18.2. The van der Waals surface area contributed by atoms with Crippen molar-refractivity contribution >= 4 is 38.1 Å². The van der Waals surface area contributed by atoms with Crippen LogP contribution in [-0.2, 0) is 12.7 Å². The summed E-state index contributed by atoms with van der Waals surface area (Å²) >= 11 is -4.34. The number of carbonyl (C=O) groups is 2. The Labute approximate surface area is 171 Å². The van der Waals surface area contributed by atoms with Crippen LogP contribution in [0.3, 0.4) is 0 Å². The van der Waals surface area contributed by atoms with Crippen LogP contribution < -0.4 is 12.9 Å². The van der Waals surface area contributed by atoms with Gasteiger partial charge in [-0.2, -0.15) is 0 Å². The van der Waals surface area contributed by atoms with Crippen LogP contribution in [0.5, 0.6) is 0 Å². The van der Waals surface area contributed by atoms with Gasteiger partial charge in [-0.05, 0) is 0 Å². The topological polar surface area (TPSA) is 72.6 Å². The van der Waals surface area contributed by atoms with Crippen molar-refractivity contribution in [1.29, 1.82) is 0 Å². The summed E-state index contributed by atoms with van der Waals surface area (Å²) in [6.45, 7) is 7.75. The molecule has 0 radical (unpaired) electrons. The van der Waals surface area contributed by atoms with E-state index in [2.05, 4.69) is 0 Å². The van der Waals surface area contributed by atoms with E-state index in [1.807, 2.05) is 88.4 Å². The minimum absolute atomic E-state index is 0.0356. The predicted octanol–water partition coefficient (Wildman–Crippen LogP) is 1.64. The molecule has 1 aliphatic rings. The van der Waals surface area contributed by atoms with Crippen LogP contribution in [0.4, 0.5) is 0 Å². The second kappa shape index (κ2) is 8.25. The van der Waals surface area contributed by atoms with Gasteiger partial charge in [0.05, 0.1) is 0 Å². The SMILES string of the molecule is CC(C)[C@H](N)C(=O)[N]1[C@@H](C(C)C)C(=O)[O][Sn]1([c]1ccccc1)[c]1ccccc1. The van der Waals surface area contributed by atoms with E-state index in [0.29, 0.717) is 0 Å². The second-order valence-electron chi connectivity index (χ2n) is 7.96. The van der Waals surface area contributed by atoms with Crippen molar-refractivity contribution in [2.24, 2.45) is 17.6 Å². The molecule has 0 unspecified atom stereocenters. The molecule has 28 heavy (non-hydrogen) atoms. The maximum absolute atomic E-state index is 13.6. The molecule has 1 amide bonds. The molecule has 1 fully saturated rings. The average molecular weight is 487 g/mol. The molecular weight excluding hydrogens is 459 g/mol. The van der Waals surface area contributed by atoms with E-state index in [1.54, 1.807) is 3.12 Å². The first-order valence-corrected chi connectivity index (χ1v) is 15.0. The van der Waals surface area contributed by atoms with Gasteiger partial charge in [-0.25, -0.2) is 0 Å². The second-order valence-corrected chi connectivity index (χ2v) is 16.9. The van der Waals surface area contributed by atoms with Crippen molar-refractivity contribution in [1.82, 2.24) is 3.12 Å². The van der Waals surface area contributed by atoms with Gasteiger partial charge in [0.2, 0.25) is 0 Å². The van der Waals surface area contributed by atoms with Crippen molar-refractivity contribution in [2.75, 3.05) is 0 Å². The molecule has 0 aromatic heterocycles. The number of nitrogens with two attached hydrogens (primary N) is 1. The van der Waals surface area contributed by atoms with Crippen molar-refractivity contribution in [3.63, 3.8) is 0 Å². The zero-order chi connectivity index (χ0) is 20.5. The fourth-order valence-corrected chi connectivity index (χ4v) is 15.7. The van der Waals surface area contributed by atoms with Gasteiger partial charge >= 0.3 is 172 Å². The number of hydrogen-bond acceptors (Lipinski definition) is 4. The number of hydrogen-bond donors (Lipinski definition) is 1. The zero-order valence-electron chi connectivity index (χ0n) is 16.8. The summed E-state index contributed by atoms with van der Waals surface area (Å²) in [5.74, 6) is -0.612. The third kappa shape index (κ3) is 3.46. The Morgan fingerprint density at radius 3 is 1.82 bits per heavy atom. The van der Waals surface area contributed by atoms with E-state index in [9.17, 15) is 9.59 Å². The normalized spacial score (nSPS) is 19.8. The molecule has 0 saturated carbocycles. The first-order valence-electron chi connectivity index (χ1n) is 9.73. The summed E-state index contributed by atoms with van der Waals surface area (Å²) in [5, 5.41) is 0. The van der Waals surface area contributed by atoms with Gasteiger partial charge in [0.15, 0.2) is 0 Å². The quantitative estimate of drug-likeness (QED) is 0.652. The number of benzene rings is 2. The average Bonchev–Trinajstić information content (AvgIpc) is 3.02. The third-order valence-corrected chi connectivity index (χ3v) is 16.5. The molecule has 0 spiro atoms. The predicted molar refractivity (Wildman–Crippen MR) is 112 cm³/mol. The van der Waals surface area contributed by atoms with Gasteiger partial charge in [0, 0.05) is 0 Å². The molecule has 5 nitrogen and oxygen atoms in total. The fourth-order valence-electron chi connectivity index (χ4n) is 3.76. The molecule has 2 aromatic carbocycles. The van der Waals surface area contributed by atoms with Gasteiger partial charge in [0.1, 0.15) is 0 Å². The summed E-state index contributed by atoms with van der Waals surface area (Å²) in [7, 11) is 0. The molecule has 3 rings (SSSR count). The van der Waals surface area contributed by atoms with Crippen LogP contribution in [0.2, 0.25) is 0 Å². The van der Waals surface area contributed by atoms with E-state index in [4.69, 9.17) is 8.81 Å². The van der Waals surface area contributed by atoms with E-state index < -0.39 is 31.1 Å². The summed E-state index contributed by atoms with van der Waals surface area (Å²) in [4.78, 5) is 26.7. The number of nitrogens with zero attached hydrogens (tertiary/aromatic N) is 1. The fraction of sp³-hybridized carbons (Fsp3) is 0.364. The summed E-state index contributed by atoms with van der Waals surface area (Å²) < 4.78 is 9.94. The van der Waals surface area contributed by atoms with Gasteiger partial charge in [0.25, 0.3) is 0 Å². The standard InChI is InChI=1S/C10H20N2O3.2C6H5.Sn/c1-5(2)7(11)9(13)12-8(6(3)4)10(14)15;2*1-2-4-6-5-3-1;/h5-8H,11H2,1-4H3,(H2,12,13,14,15);2*1-5H;/q;;;+2/p-2/t7-,8-;;;/m0.../s1. The minimum atomic E-state index is -4.34. The van der Waals surface area contributed by atoms with Crippen LogP contribution in [0.1, 0.15) is 27.7 Å². The Hall–Kier alpha value is -1.86. The van der Waals surface area contributed by atoms with Gasteiger partial charge in [-0.3, -0.25) is 0 Å². The molecule has 2 aromatic rings. The molecule has 148 valence electrons. The Bertz CT molecular complexity index is 800. The number of amides is 1. The molecular formula is C22H28N2O3Sn. The first kappa shape index (κ1) is 20.9. The Morgan fingerprint density at radius 1 is 0.964 bits per heavy atom. The molecule has 0 aliphatic carbocycles. The van der Waals surface area contributed by atoms with Crippen molar-refractivity contribution in [2.45, 2.75) is 39.8 Å². The van der Waals surface area contributed by atoms with Crippen LogP contribution in [0, 0.1) is 11.8 Å². The summed E-state index contributed by atoms with van der Waals surface area (Å²) in [5.41, 5.74) is 6.30. The van der Waals surface area contributed by atoms with Gasteiger partial charge < -0.3 is 0 Å². The van der Waals surface area contributed by atoms with Crippen LogP contribution in [0.15, 0.2) is 60.7 Å². The molecule has 1 saturated heterocycles. The molecule has 6 heteroatoms. The Kier molecular flexibility index (Phi) is 6.15. The van der Waals surface area contributed by atoms with Crippen molar-refractivity contribution in [3.05, 3.63) is 60.7 Å². The van der Waals surface area contributed by atoms with E-state index in [-0.39, 0.29) is 23.7 Å². The van der Waals surface area contributed by atoms with E-state index >= 15 is 0 Å². The molecule has 1 heterocycles. The molecule has 0 bridgehead atoms. The first-order chi connectivity index (χ1) is 13.3. The number of rotatable bonds is 5. The maximum atomic E-state index is 13.6.